The molecule has 0 bridgehead atoms. The minimum Gasteiger partial charge on any atom is -0.256 e. The molecule has 0 aliphatic heterocycles. The molecule has 0 spiro atoms. The quantitative estimate of drug-likeness (QED) is 0.687. The molecular weight excluding hydrogens is 237 g/mol. The SMILES string of the molecule is Clc1ccc2nccc(Br)c2c1. The van der Waals surface area contributed by atoms with Crippen LogP contribution in [0.4, 0.5) is 0 Å². The number of hydrogen-bond donors (Lipinski definition) is 0. The van der Waals surface area contributed by atoms with E-state index >= 15 is 0 Å². The van der Waals surface area contributed by atoms with Crippen LogP contribution < -0.4 is 0 Å². The normalized spacial score (nSPS) is 10.5. The molecule has 12 heavy (non-hydrogen) atoms. The Hall–Kier alpha value is -0.600. The Balaban J connectivity index is 2.88. The fourth-order valence-corrected chi connectivity index (χ4v) is 1.69. The smallest absolute Gasteiger partial charge is 0.0714 e. The van der Waals surface area contributed by atoms with Crippen LogP contribution in [0.25, 0.3) is 10.9 Å². The first-order valence-corrected chi connectivity index (χ1v) is 4.64. The van der Waals surface area contributed by atoms with Gasteiger partial charge in [0.2, 0.25) is 0 Å². The molecule has 1 aromatic heterocycles. The van der Waals surface area contributed by atoms with Gasteiger partial charge in [0.05, 0.1) is 5.52 Å². The molecule has 2 aromatic rings. The predicted molar refractivity (Wildman–Crippen MR) is 54.5 cm³/mol. The highest BCUT2D eigenvalue weighted by Gasteiger charge is 1.98. The molecule has 0 N–H and O–H groups in total. The maximum absolute atomic E-state index is 5.84. The molecule has 1 nitrogen and oxygen atoms in total. The van der Waals surface area contributed by atoms with Gasteiger partial charge in [-0.15, -0.1) is 0 Å². The topological polar surface area (TPSA) is 12.9 Å². The van der Waals surface area contributed by atoms with Gasteiger partial charge in [0.1, 0.15) is 0 Å². The van der Waals surface area contributed by atoms with Gasteiger partial charge in [0.15, 0.2) is 0 Å². The van der Waals surface area contributed by atoms with Crippen molar-refractivity contribution in [3.8, 4) is 0 Å². The van der Waals surface area contributed by atoms with Crippen LogP contribution in [0.3, 0.4) is 0 Å². The van der Waals surface area contributed by atoms with E-state index < -0.39 is 0 Å². The summed E-state index contributed by atoms with van der Waals surface area (Å²) in [6.45, 7) is 0. The molecule has 1 heterocycles. The van der Waals surface area contributed by atoms with Gasteiger partial charge in [-0.2, -0.15) is 0 Å². The van der Waals surface area contributed by atoms with E-state index in [1.54, 1.807) is 6.20 Å². The van der Waals surface area contributed by atoms with E-state index in [1.165, 1.54) is 0 Å². The lowest BCUT2D eigenvalue weighted by Crippen LogP contribution is -1.78. The van der Waals surface area contributed by atoms with E-state index in [-0.39, 0.29) is 0 Å². The van der Waals surface area contributed by atoms with Crippen LogP contribution in [0.15, 0.2) is 34.9 Å². The predicted octanol–water partition coefficient (Wildman–Crippen LogP) is 3.65. The molecule has 0 aliphatic carbocycles. The van der Waals surface area contributed by atoms with Gasteiger partial charge in [-0.3, -0.25) is 4.98 Å². The van der Waals surface area contributed by atoms with Crippen molar-refractivity contribution in [2.24, 2.45) is 0 Å². The van der Waals surface area contributed by atoms with E-state index in [4.69, 9.17) is 11.6 Å². The van der Waals surface area contributed by atoms with Gasteiger partial charge in [-0.05, 0) is 24.3 Å². The van der Waals surface area contributed by atoms with E-state index in [0.717, 1.165) is 20.4 Å². The standard InChI is InChI=1S/C9H5BrClN/c10-8-3-4-12-9-2-1-6(11)5-7(8)9/h1-5H. The second-order valence-electron chi connectivity index (χ2n) is 2.45. The summed E-state index contributed by atoms with van der Waals surface area (Å²) in [5.41, 5.74) is 0.953. The molecule has 0 atom stereocenters. The second-order valence-corrected chi connectivity index (χ2v) is 3.75. The minimum absolute atomic E-state index is 0.733. The summed E-state index contributed by atoms with van der Waals surface area (Å²) in [7, 11) is 0. The second kappa shape index (κ2) is 3.04. The van der Waals surface area contributed by atoms with Crippen LogP contribution in [0.1, 0.15) is 0 Å². The van der Waals surface area contributed by atoms with Gasteiger partial charge in [0.25, 0.3) is 0 Å². The number of hydrogen-bond acceptors (Lipinski definition) is 1. The van der Waals surface area contributed by atoms with E-state index in [1.807, 2.05) is 24.3 Å². The summed E-state index contributed by atoms with van der Waals surface area (Å²) in [4.78, 5) is 4.19. The van der Waals surface area contributed by atoms with Gasteiger partial charge < -0.3 is 0 Å². The third kappa shape index (κ3) is 1.32. The number of fused-ring (bicyclic) bond motifs is 1. The van der Waals surface area contributed by atoms with Gasteiger partial charge in [-0.25, -0.2) is 0 Å². The molecule has 0 saturated carbocycles. The Bertz CT molecular complexity index is 428. The number of benzene rings is 1. The van der Waals surface area contributed by atoms with Crippen molar-refractivity contribution in [1.29, 1.82) is 0 Å². The van der Waals surface area contributed by atoms with Gasteiger partial charge in [-0.1, -0.05) is 27.5 Å². The van der Waals surface area contributed by atoms with Crippen LogP contribution in [0.2, 0.25) is 5.02 Å². The van der Waals surface area contributed by atoms with Crippen molar-refractivity contribution in [2.45, 2.75) is 0 Å². The average molecular weight is 243 g/mol. The molecule has 0 unspecified atom stereocenters. The van der Waals surface area contributed by atoms with Crippen molar-refractivity contribution in [2.75, 3.05) is 0 Å². The number of rotatable bonds is 0. The third-order valence-electron chi connectivity index (χ3n) is 1.65. The Kier molecular flexibility index (Phi) is 2.03. The lowest BCUT2D eigenvalue weighted by atomic mass is 10.2. The van der Waals surface area contributed by atoms with Gasteiger partial charge >= 0.3 is 0 Å². The number of nitrogens with zero attached hydrogens (tertiary/aromatic N) is 1. The van der Waals surface area contributed by atoms with Crippen molar-refractivity contribution in [1.82, 2.24) is 4.98 Å². The molecule has 0 radical (unpaired) electrons. The van der Waals surface area contributed by atoms with Crippen LogP contribution in [0, 0.1) is 0 Å². The summed E-state index contributed by atoms with van der Waals surface area (Å²) in [5.74, 6) is 0. The molecule has 0 amide bonds. The molecule has 60 valence electrons. The van der Waals surface area contributed by atoms with Gasteiger partial charge in [0, 0.05) is 21.1 Å². The fraction of sp³-hybridized carbons (Fsp3) is 0. The minimum atomic E-state index is 0.733. The molecule has 2 rings (SSSR count). The summed E-state index contributed by atoms with van der Waals surface area (Å²) in [5, 5.41) is 1.78. The Morgan fingerprint density at radius 1 is 1.25 bits per heavy atom. The Morgan fingerprint density at radius 3 is 2.92 bits per heavy atom. The zero-order valence-corrected chi connectivity index (χ0v) is 8.43. The average Bonchev–Trinajstić information content (AvgIpc) is 2.07. The summed E-state index contributed by atoms with van der Waals surface area (Å²) in [6, 6.07) is 7.54. The third-order valence-corrected chi connectivity index (χ3v) is 2.58. The maximum atomic E-state index is 5.84. The van der Waals surface area contributed by atoms with Crippen LogP contribution in [-0.2, 0) is 0 Å². The lowest BCUT2D eigenvalue weighted by Gasteiger charge is -1.98. The van der Waals surface area contributed by atoms with Crippen LogP contribution in [-0.4, -0.2) is 4.98 Å². The van der Waals surface area contributed by atoms with Crippen LogP contribution in [0.5, 0.6) is 0 Å². The largest absolute Gasteiger partial charge is 0.256 e. The van der Waals surface area contributed by atoms with E-state index in [2.05, 4.69) is 20.9 Å². The number of pyridine rings is 1. The molecular formula is C9H5BrClN. The molecule has 0 saturated heterocycles. The summed E-state index contributed by atoms with van der Waals surface area (Å²) in [6.07, 6.45) is 1.76. The van der Waals surface area contributed by atoms with Crippen molar-refractivity contribution < 1.29 is 0 Å². The Morgan fingerprint density at radius 2 is 2.08 bits per heavy atom. The summed E-state index contributed by atoms with van der Waals surface area (Å²) >= 11 is 9.27. The zero-order chi connectivity index (χ0) is 8.55. The van der Waals surface area contributed by atoms with Crippen molar-refractivity contribution in [3.63, 3.8) is 0 Å². The maximum Gasteiger partial charge on any atom is 0.0714 e. The number of aromatic nitrogens is 1. The zero-order valence-electron chi connectivity index (χ0n) is 6.09. The highest BCUT2D eigenvalue weighted by molar-refractivity contribution is 9.10. The first-order chi connectivity index (χ1) is 5.77. The highest BCUT2D eigenvalue weighted by Crippen LogP contribution is 2.24. The Labute approximate surface area is 83.5 Å². The van der Waals surface area contributed by atoms with Crippen molar-refractivity contribution in [3.05, 3.63) is 40.0 Å². The van der Waals surface area contributed by atoms with Crippen molar-refractivity contribution >= 4 is 38.4 Å². The first kappa shape index (κ1) is 8.02. The molecule has 1 aromatic carbocycles. The highest BCUT2D eigenvalue weighted by atomic mass is 79.9. The van der Waals surface area contributed by atoms with E-state index in [9.17, 15) is 0 Å². The molecule has 0 fully saturated rings. The number of halogens is 2. The van der Waals surface area contributed by atoms with E-state index in [0.29, 0.717) is 0 Å². The van der Waals surface area contributed by atoms with Crippen LogP contribution >= 0.6 is 27.5 Å². The lowest BCUT2D eigenvalue weighted by molar-refractivity contribution is 1.40. The molecule has 0 aliphatic rings. The fourth-order valence-electron chi connectivity index (χ4n) is 1.08. The first-order valence-electron chi connectivity index (χ1n) is 3.47. The molecule has 3 heteroatoms. The summed E-state index contributed by atoms with van der Waals surface area (Å²) < 4.78 is 1.02. The monoisotopic (exact) mass is 241 g/mol.